The molecule has 3 heteroatoms. The molecule has 0 aliphatic heterocycles. The Labute approximate surface area is 194 Å². The summed E-state index contributed by atoms with van der Waals surface area (Å²) in [6, 6.07) is 16.6. The number of hydrogen-bond acceptors (Lipinski definition) is 2. The second-order valence-corrected chi connectivity index (χ2v) is 8.74. The molecular weight excluding hydrogens is 392 g/mol. The van der Waals surface area contributed by atoms with Crippen molar-refractivity contribution in [1.82, 2.24) is 9.55 Å². The molecule has 0 atom stereocenters. The fourth-order valence-electron chi connectivity index (χ4n) is 4.35. The van der Waals surface area contributed by atoms with E-state index < -0.39 is 0 Å². The molecule has 3 rings (SSSR count). The molecule has 0 radical (unpaired) electrons. The molecule has 0 unspecified atom stereocenters. The van der Waals surface area contributed by atoms with Crippen LogP contribution in [0.5, 0.6) is 5.75 Å². The molecule has 0 fully saturated rings. The van der Waals surface area contributed by atoms with Gasteiger partial charge in [-0.1, -0.05) is 101 Å². The zero-order valence-electron chi connectivity index (χ0n) is 19.9. The summed E-state index contributed by atoms with van der Waals surface area (Å²) in [6.45, 7) is 7.63. The molecule has 0 saturated carbocycles. The van der Waals surface area contributed by atoms with Gasteiger partial charge in [-0.2, -0.15) is 0 Å². The molecule has 0 saturated heterocycles. The number of imidazole rings is 1. The van der Waals surface area contributed by atoms with Crippen LogP contribution in [0.2, 0.25) is 0 Å². The van der Waals surface area contributed by atoms with Crippen molar-refractivity contribution in [2.45, 2.75) is 90.7 Å². The van der Waals surface area contributed by atoms with E-state index in [0.29, 0.717) is 6.61 Å². The molecular formula is C29H40N2O. The third kappa shape index (κ3) is 7.25. The van der Waals surface area contributed by atoms with Gasteiger partial charge in [0.15, 0.2) is 0 Å². The maximum atomic E-state index is 6.21. The van der Waals surface area contributed by atoms with Gasteiger partial charge in [-0.05, 0) is 36.6 Å². The van der Waals surface area contributed by atoms with E-state index in [1.54, 1.807) is 0 Å². The van der Waals surface area contributed by atoms with Crippen molar-refractivity contribution >= 4 is 11.0 Å². The van der Waals surface area contributed by atoms with Crippen LogP contribution in [0.25, 0.3) is 11.0 Å². The van der Waals surface area contributed by atoms with Gasteiger partial charge in [0.25, 0.3) is 0 Å². The van der Waals surface area contributed by atoms with Crippen LogP contribution in [0.15, 0.2) is 61.2 Å². The van der Waals surface area contributed by atoms with Gasteiger partial charge in [-0.25, -0.2) is 4.98 Å². The summed E-state index contributed by atoms with van der Waals surface area (Å²) in [5, 5.41) is 0. The van der Waals surface area contributed by atoms with E-state index in [9.17, 15) is 0 Å². The quantitative estimate of drug-likeness (QED) is 0.168. The summed E-state index contributed by atoms with van der Waals surface area (Å²) in [5.74, 6) is 1.93. The number of unbranched alkanes of at least 4 members (excludes halogenated alkanes) is 9. The Morgan fingerprint density at radius 1 is 0.844 bits per heavy atom. The van der Waals surface area contributed by atoms with Crippen molar-refractivity contribution in [3.05, 3.63) is 72.6 Å². The lowest BCUT2D eigenvalue weighted by Crippen LogP contribution is -2.08. The number of benzene rings is 2. The van der Waals surface area contributed by atoms with Crippen molar-refractivity contribution in [3.63, 3.8) is 0 Å². The maximum Gasteiger partial charge on any atom is 0.147 e. The largest absolute Gasteiger partial charge is 0.485 e. The number of nitrogens with zero attached hydrogens (tertiary/aromatic N) is 2. The first-order chi connectivity index (χ1) is 15.8. The van der Waals surface area contributed by atoms with Crippen molar-refractivity contribution in [1.29, 1.82) is 0 Å². The van der Waals surface area contributed by atoms with Crippen LogP contribution < -0.4 is 4.74 Å². The standard InChI is InChI=1S/C29H40N2O/c1-3-5-6-7-8-9-10-11-12-17-23-31-27-21-15-14-20-26(27)30-29(31)24-32-28-22-16-13-19-25(28)18-4-2/h4,13-16,19-22H,2-3,5-12,17-18,23-24H2,1H3. The van der Waals surface area contributed by atoms with E-state index in [0.717, 1.165) is 30.1 Å². The Bertz CT molecular complexity index is 943. The highest BCUT2D eigenvalue weighted by Gasteiger charge is 2.12. The lowest BCUT2D eigenvalue weighted by molar-refractivity contribution is 0.287. The molecule has 0 N–H and O–H groups in total. The number of hydrogen-bond donors (Lipinski definition) is 0. The van der Waals surface area contributed by atoms with Crippen LogP contribution in [0.1, 0.15) is 82.5 Å². The topological polar surface area (TPSA) is 27.1 Å². The lowest BCUT2D eigenvalue weighted by Gasteiger charge is -2.12. The van der Waals surface area contributed by atoms with Crippen LogP contribution in [-0.4, -0.2) is 9.55 Å². The van der Waals surface area contributed by atoms with Gasteiger partial charge in [0.05, 0.1) is 11.0 Å². The van der Waals surface area contributed by atoms with Crippen molar-refractivity contribution in [2.24, 2.45) is 0 Å². The third-order valence-electron chi connectivity index (χ3n) is 6.16. The number of rotatable bonds is 16. The van der Waals surface area contributed by atoms with Crippen LogP contribution in [-0.2, 0) is 19.6 Å². The lowest BCUT2D eigenvalue weighted by atomic mass is 10.1. The molecule has 0 spiro atoms. The van der Waals surface area contributed by atoms with Gasteiger partial charge in [0.2, 0.25) is 0 Å². The Hall–Kier alpha value is -2.55. The Morgan fingerprint density at radius 3 is 2.25 bits per heavy atom. The second-order valence-electron chi connectivity index (χ2n) is 8.74. The normalized spacial score (nSPS) is 11.2. The third-order valence-corrected chi connectivity index (χ3v) is 6.16. The molecule has 2 aromatic carbocycles. The monoisotopic (exact) mass is 432 g/mol. The fourth-order valence-corrected chi connectivity index (χ4v) is 4.35. The number of ether oxygens (including phenoxy) is 1. The molecule has 0 aliphatic carbocycles. The Balaban J connectivity index is 1.53. The minimum absolute atomic E-state index is 0.487. The SMILES string of the molecule is C=CCc1ccccc1OCc1nc2ccccc2n1CCCCCCCCCCCC. The average Bonchev–Trinajstić information content (AvgIpc) is 3.17. The highest BCUT2D eigenvalue weighted by Crippen LogP contribution is 2.22. The van der Waals surface area contributed by atoms with E-state index in [1.165, 1.54) is 75.3 Å². The van der Waals surface area contributed by atoms with Gasteiger partial charge in [-0.3, -0.25) is 0 Å². The molecule has 1 aromatic heterocycles. The summed E-state index contributed by atoms with van der Waals surface area (Å²) < 4.78 is 8.57. The Kier molecular flexibility index (Phi) is 10.4. The van der Waals surface area contributed by atoms with Crippen LogP contribution >= 0.6 is 0 Å². The smallest absolute Gasteiger partial charge is 0.147 e. The van der Waals surface area contributed by atoms with E-state index in [-0.39, 0.29) is 0 Å². The minimum Gasteiger partial charge on any atom is -0.485 e. The van der Waals surface area contributed by atoms with Gasteiger partial charge in [0.1, 0.15) is 18.2 Å². The summed E-state index contributed by atoms with van der Waals surface area (Å²) >= 11 is 0. The molecule has 172 valence electrons. The first-order valence-corrected chi connectivity index (χ1v) is 12.6. The number of aryl methyl sites for hydroxylation is 1. The summed E-state index contributed by atoms with van der Waals surface area (Å²) in [4.78, 5) is 4.89. The minimum atomic E-state index is 0.487. The van der Waals surface area contributed by atoms with Crippen molar-refractivity contribution in [3.8, 4) is 5.75 Å². The first kappa shape index (κ1) is 24.1. The number of para-hydroxylation sites is 3. The highest BCUT2D eigenvalue weighted by atomic mass is 16.5. The zero-order valence-corrected chi connectivity index (χ0v) is 19.9. The van der Waals surface area contributed by atoms with Gasteiger partial charge >= 0.3 is 0 Å². The van der Waals surface area contributed by atoms with Gasteiger partial charge in [-0.15, -0.1) is 6.58 Å². The van der Waals surface area contributed by atoms with Crippen LogP contribution in [0.4, 0.5) is 0 Å². The van der Waals surface area contributed by atoms with E-state index >= 15 is 0 Å². The highest BCUT2D eigenvalue weighted by molar-refractivity contribution is 5.75. The van der Waals surface area contributed by atoms with Gasteiger partial charge < -0.3 is 9.30 Å². The van der Waals surface area contributed by atoms with Crippen molar-refractivity contribution < 1.29 is 4.74 Å². The van der Waals surface area contributed by atoms with Crippen LogP contribution in [0, 0.1) is 0 Å². The molecule has 32 heavy (non-hydrogen) atoms. The predicted octanol–water partition coefficient (Wildman–Crippen LogP) is 8.26. The fraction of sp³-hybridized carbons (Fsp3) is 0.483. The second kappa shape index (κ2) is 13.8. The van der Waals surface area contributed by atoms with E-state index in [2.05, 4.69) is 48.4 Å². The molecule has 0 bridgehead atoms. The zero-order chi connectivity index (χ0) is 22.4. The molecule has 3 aromatic rings. The Morgan fingerprint density at radius 2 is 1.50 bits per heavy atom. The maximum absolute atomic E-state index is 6.21. The summed E-state index contributed by atoms with van der Waals surface area (Å²) in [6.07, 6.45) is 16.2. The molecule has 0 aliphatic rings. The molecule has 3 nitrogen and oxygen atoms in total. The first-order valence-electron chi connectivity index (χ1n) is 12.6. The van der Waals surface area contributed by atoms with E-state index in [4.69, 9.17) is 9.72 Å². The van der Waals surface area contributed by atoms with Gasteiger partial charge in [0, 0.05) is 6.54 Å². The average molecular weight is 433 g/mol. The number of fused-ring (bicyclic) bond motifs is 1. The predicted molar refractivity (Wildman–Crippen MR) is 136 cm³/mol. The number of allylic oxidation sites excluding steroid dienone is 1. The molecule has 1 heterocycles. The summed E-state index contributed by atoms with van der Waals surface area (Å²) in [7, 11) is 0. The molecule has 0 amide bonds. The van der Waals surface area contributed by atoms with Crippen molar-refractivity contribution in [2.75, 3.05) is 0 Å². The summed E-state index contributed by atoms with van der Waals surface area (Å²) in [5.41, 5.74) is 3.43. The number of aromatic nitrogens is 2. The van der Waals surface area contributed by atoms with E-state index in [1.807, 2.05) is 24.3 Å². The van der Waals surface area contributed by atoms with Crippen LogP contribution in [0.3, 0.4) is 0 Å².